The molecule has 434 valence electrons. The van der Waals surface area contributed by atoms with Crippen molar-refractivity contribution < 1.29 is 9.47 Å². The number of para-hydroxylation sites is 2. The first-order chi connectivity index (χ1) is 45.6. The zero-order valence-electron chi connectivity index (χ0n) is 49.8. The first-order valence-electron chi connectivity index (χ1n) is 31.7. The zero-order valence-corrected chi connectivity index (χ0v) is 49.8. The number of hydrogen-bond acceptors (Lipinski definition) is 9. The predicted octanol–water partition coefficient (Wildman–Crippen LogP) is 18.9. The lowest BCUT2D eigenvalue weighted by atomic mass is 9.62. The van der Waals surface area contributed by atoms with E-state index < -0.39 is 10.8 Å². The minimum absolute atomic E-state index is 0.0473. The largest absolute Gasteiger partial charge is 0.457 e. The molecule has 0 bridgehead atoms. The van der Waals surface area contributed by atoms with Gasteiger partial charge in [0.25, 0.3) is 0 Å². The number of ether oxygens (including phenoxy) is 2. The second kappa shape index (κ2) is 20.5. The van der Waals surface area contributed by atoms with Gasteiger partial charge in [0, 0.05) is 74.4 Å². The fourth-order valence-electron chi connectivity index (χ4n) is 16.4. The van der Waals surface area contributed by atoms with Crippen molar-refractivity contribution in [2.45, 2.75) is 35.5 Å². The maximum Gasteiger partial charge on any atom is 0.182 e. The highest BCUT2D eigenvalue weighted by Crippen LogP contribution is 2.67. The summed E-state index contributed by atoms with van der Waals surface area (Å²) in [6, 6.07) is 75.6. The number of fused-ring (bicyclic) bond motifs is 19. The van der Waals surface area contributed by atoms with Crippen molar-refractivity contribution in [1.29, 1.82) is 0 Å². The van der Waals surface area contributed by atoms with Crippen LogP contribution in [0.4, 0.5) is 0 Å². The van der Waals surface area contributed by atoms with Gasteiger partial charge >= 0.3 is 0 Å². The van der Waals surface area contributed by atoms with Gasteiger partial charge in [0.05, 0.1) is 10.8 Å². The Balaban J connectivity index is 0.730. The first kappa shape index (κ1) is 52.4. The lowest BCUT2D eigenvalue weighted by Gasteiger charge is -2.43. The number of allylic oxidation sites excluding steroid dienone is 12. The van der Waals surface area contributed by atoms with Crippen molar-refractivity contribution in [2.24, 2.45) is 11.8 Å². The van der Waals surface area contributed by atoms with Gasteiger partial charge in [0.2, 0.25) is 0 Å². The topological polar surface area (TPSA) is 109 Å². The normalized spacial score (nSPS) is 21.1. The van der Waals surface area contributed by atoms with Crippen molar-refractivity contribution in [2.75, 3.05) is 0 Å². The number of nitrogens with zero attached hydrogens (tertiary/aromatic N) is 7. The van der Waals surface area contributed by atoms with E-state index in [4.69, 9.17) is 39.4 Å². The fourth-order valence-corrected chi connectivity index (χ4v) is 16.4. The minimum atomic E-state index is -0.588. The summed E-state index contributed by atoms with van der Waals surface area (Å²) in [4.78, 5) is 35.9. The highest BCUT2D eigenvalue weighted by molar-refractivity contribution is 6.04. The molecule has 5 aliphatic carbocycles. The quantitative estimate of drug-likeness (QED) is 0.154. The van der Waals surface area contributed by atoms with Crippen molar-refractivity contribution >= 4 is 16.3 Å². The molecule has 0 saturated carbocycles. The molecule has 5 heterocycles. The van der Waals surface area contributed by atoms with Gasteiger partial charge in [0.15, 0.2) is 34.9 Å². The van der Waals surface area contributed by atoms with Gasteiger partial charge in [-0.1, -0.05) is 237 Å². The molecule has 0 radical (unpaired) electrons. The highest BCUT2D eigenvalue weighted by atomic mass is 16.5. The number of benzene rings is 9. The van der Waals surface area contributed by atoms with Crippen LogP contribution in [0.25, 0.3) is 84.5 Å². The zero-order chi connectivity index (χ0) is 60.5. The Morgan fingerprint density at radius 3 is 1.53 bits per heavy atom. The van der Waals surface area contributed by atoms with Gasteiger partial charge in [0.1, 0.15) is 28.7 Å². The molecule has 3 aromatic heterocycles. The minimum Gasteiger partial charge on any atom is -0.457 e. The molecule has 92 heavy (non-hydrogen) atoms. The van der Waals surface area contributed by atoms with E-state index >= 15 is 0 Å². The average molecular weight is 1180 g/mol. The summed E-state index contributed by atoms with van der Waals surface area (Å²) >= 11 is 0. The van der Waals surface area contributed by atoms with E-state index in [1.807, 2.05) is 36.4 Å². The van der Waals surface area contributed by atoms with Crippen LogP contribution >= 0.6 is 0 Å². The van der Waals surface area contributed by atoms with Gasteiger partial charge in [-0.05, 0) is 105 Å². The van der Waals surface area contributed by atoms with Crippen molar-refractivity contribution in [1.82, 2.24) is 34.9 Å². The SMILES string of the molecule is C1=CCCC(c2nc(-c3ccc4c(c3)Oc3ccccc3C43c4ccc(-c5ccc(-c6nc(-c7ccccc7)nc(-c7ccc8c(c7)Oc7ccccc7C87c8ccccc8C8C=CC=CC87)n6)c6ccccc56)cc4C4C=CC=CC43)nc(-c3ccccn3)n2)=C1. The molecule has 0 saturated heterocycles. The van der Waals surface area contributed by atoms with E-state index in [0.717, 1.165) is 102 Å². The van der Waals surface area contributed by atoms with Gasteiger partial charge in [-0.2, -0.15) is 0 Å². The van der Waals surface area contributed by atoms with Crippen LogP contribution in [0.3, 0.4) is 0 Å². The molecule has 0 N–H and O–H groups in total. The molecule has 0 fully saturated rings. The van der Waals surface area contributed by atoms with Gasteiger partial charge in [-0.15, -0.1) is 0 Å². The van der Waals surface area contributed by atoms with E-state index in [-0.39, 0.29) is 23.7 Å². The first-order valence-corrected chi connectivity index (χ1v) is 31.7. The standard InChI is InChI=1S/C83H55N7O2/c1-3-21-50(22-4-1)76-85-78(53-39-44-69-74(48-53)91-72-36-17-15-33-67(72)82(69)63-30-12-9-27-58(63)59-28-10-13-31-64(59)82)88-80(87-76)61-42-41-55(56-25-7-8-26-57(56)61)52-38-43-66-62(47-52)60-29-11-14-32-65(60)83(66)68-34-16-18-37-73(68)92-75-49-54(40-45-70(75)83)79-86-77(51-23-5-2-6-24-51)89-81(90-79)71-35-19-20-46-84-71/h1-5,7-23,25-49,58,60,63,65H,6,24H2. The lowest BCUT2D eigenvalue weighted by Crippen LogP contribution is -2.37. The third kappa shape index (κ3) is 7.75. The molecule has 9 nitrogen and oxygen atoms in total. The molecule has 7 aliphatic rings. The van der Waals surface area contributed by atoms with Crippen LogP contribution in [0.1, 0.15) is 75.0 Å². The summed E-state index contributed by atoms with van der Waals surface area (Å²) in [5.41, 5.74) is 16.2. The average Bonchev–Trinajstić information content (AvgIpc) is 1.49. The van der Waals surface area contributed by atoms with Crippen LogP contribution in [0.5, 0.6) is 23.0 Å². The summed E-state index contributed by atoms with van der Waals surface area (Å²) in [5, 5.41) is 2.14. The summed E-state index contributed by atoms with van der Waals surface area (Å²) < 4.78 is 14.0. The molecular formula is C83H55N7O2. The molecular weight excluding hydrogens is 1130 g/mol. The summed E-state index contributed by atoms with van der Waals surface area (Å²) in [7, 11) is 0. The van der Waals surface area contributed by atoms with Crippen LogP contribution < -0.4 is 9.47 Å². The second-order valence-electron chi connectivity index (χ2n) is 24.8. The van der Waals surface area contributed by atoms with E-state index in [1.165, 1.54) is 27.8 Å². The van der Waals surface area contributed by atoms with Gasteiger partial charge in [-0.25, -0.2) is 29.9 Å². The molecule has 6 atom stereocenters. The molecule has 9 heteroatoms. The molecule has 6 unspecified atom stereocenters. The lowest BCUT2D eigenvalue weighted by molar-refractivity contribution is 0.374. The van der Waals surface area contributed by atoms with E-state index in [9.17, 15) is 0 Å². The summed E-state index contributed by atoms with van der Waals surface area (Å²) in [6.45, 7) is 0. The highest BCUT2D eigenvalue weighted by Gasteiger charge is 2.58. The predicted molar refractivity (Wildman–Crippen MR) is 362 cm³/mol. The van der Waals surface area contributed by atoms with Crippen LogP contribution in [0.2, 0.25) is 0 Å². The molecule has 19 rings (SSSR count). The number of rotatable bonds is 7. The second-order valence-corrected chi connectivity index (χ2v) is 24.8. The van der Waals surface area contributed by atoms with Crippen molar-refractivity contribution in [3.05, 3.63) is 336 Å². The fraction of sp³-hybridized carbons (Fsp3) is 0.0964. The number of hydrogen-bond donors (Lipinski definition) is 0. The molecule has 2 spiro atoms. The van der Waals surface area contributed by atoms with E-state index in [2.05, 4.69) is 248 Å². The smallest absolute Gasteiger partial charge is 0.182 e. The monoisotopic (exact) mass is 1180 g/mol. The summed E-state index contributed by atoms with van der Waals surface area (Å²) in [6.07, 6.45) is 28.3. The Labute approximate surface area is 532 Å². The molecule has 9 aromatic carbocycles. The maximum absolute atomic E-state index is 7.04. The number of aromatic nitrogens is 7. The van der Waals surface area contributed by atoms with Gasteiger partial charge in [-0.3, -0.25) is 4.98 Å². The maximum atomic E-state index is 7.04. The van der Waals surface area contributed by atoms with E-state index in [1.54, 1.807) is 6.20 Å². The van der Waals surface area contributed by atoms with Gasteiger partial charge < -0.3 is 9.47 Å². The van der Waals surface area contributed by atoms with Crippen LogP contribution in [-0.2, 0) is 10.8 Å². The number of pyridine rings is 1. The molecule has 12 aromatic rings. The van der Waals surface area contributed by atoms with Crippen LogP contribution in [0, 0.1) is 11.8 Å². The molecule has 0 amide bonds. The van der Waals surface area contributed by atoms with Crippen LogP contribution in [-0.4, -0.2) is 34.9 Å². The van der Waals surface area contributed by atoms with Crippen molar-refractivity contribution in [3.63, 3.8) is 0 Å². The molecule has 2 aliphatic heterocycles. The van der Waals surface area contributed by atoms with E-state index in [0.29, 0.717) is 40.6 Å². The Morgan fingerprint density at radius 1 is 0.348 bits per heavy atom. The third-order valence-electron chi connectivity index (χ3n) is 20.2. The summed E-state index contributed by atoms with van der Waals surface area (Å²) in [5.74, 6) is 7.29. The van der Waals surface area contributed by atoms with Crippen molar-refractivity contribution in [3.8, 4) is 91.2 Å². The van der Waals surface area contributed by atoms with Crippen LogP contribution in [0.15, 0.2) is 285 Å². The third-order valence-corrected chi connectivity index (χ3v) is 20.2. The Kier molecular flexibility index (Phi) is 11.7. The Hall–Kier alpha value is -11.6. The Morgan fingerprint density at radius 2 is 0.859 bits per heavy atom. The Bertz CT molecular complexity index is 5300.